The van der Waals surface area contributed by atoms with Crippen molar-refractivity contribution >= 4 is 5.91 Å². The average Bonchev–Trinajstić information content (AvgIpc) is 2.86. The number of benzene rings is 1. The van der Waals surface area contributed by atoms with Crippen molar-refractivity contribution in [2.75, 3.05) is 13.1 Å². The van der Waals surface area contributed by atoms with Crippen molar-refractivity contribution in [2.24, 2.45) is 0 Å². The highest BCUT2D eigenvalue weighted by Gasteiger charge is 2.31. The number of nitrogens with zero attached hydrogens (tertiary/aromatic N) is 1. The highest BCUT2D eigenvalue weighted by molar-refractivity contribution is 5.82. The number of hydrogen-bond acceptors (Lipinski definition) is 3. The molecule has 1 aliphatic heterocycles. The first kappa shape index (κ1) is 15.9. The van der Waals surface area contributed by atoms with Crippen molar-refractivity contribution in [2.45, 2.75) is 44.9 Å². The highest BCUT2D eigenvalue weighted by Crippen LogP contribution is 2.21. The molecule has 0 radical (unpaired) electrons. The van der Waals surface area contributed by atoms with Crippen LogP contribution in [0.15, 0.2) is 24.3 Å². The number of aliphatic hydroxyl groups is 1. The number of carbonyl (C=O) groups is 1. The molecule has 1 amide bonds. The van der Waals surface area contributed by atoms with Crippen LogP contribution in [0, 0.1) is 5.82 Å². The van der Waals surface area contributed by atoms with Crippen LogP contribution in [0.5, 0.6) is 0 Å². The summed E-state index contributed by atoms with van der Waals surface area (Å²) in [6, 6.07) is 6.41. The Bertz CT molecular complexity index is 499. The number of rotatable bonds is 5. The molecule has 0 bridgehead atoms. The summed E-state index contributed by atoms with van der Waals surface area (Å²) in [5.41, 5.74) is -0.315. The number of nitrogens with one attached hydrogen (secondary N) is 1. The third-order valence-electron chi connectivity index (χ3n) is 3.69. The van der Waals surface area contributed by atoms with Gasteiger partial charge in [0.2, 0.25) is 5.91 Å². The maximum atomic E-state index is 13.7. The number of amides is 1. The summed E-state index contributed by atoms with van der Waals surface area (Å²) in [6.45, 7) is 4.75. The first-order valence-corrected chi connectivity index (χ1v) is 7.34. The lowest BCUT2D eigenvalue weighted by Gasteiger charge is -2.25. The lowest BCUT2D eigenvalue weighted by molar-refractivity contribution is -0.126. The Kier molecular flexibility index (Phi) is 4.96. The Morgan fingerprint density at radius 2 is 2.19 bits per heavy atom. The van der Waals surface area contributed by atoms with Gasteiger partial charge in [0.25, 0.3) is 0 Å². The summed E-state index contributed by atoms with van der Waals surface area (Å²) in [5, 5.41) is 12.4. The smallest absolute Gasteiger partial charge is 0.237 e. The van der Waals surface area contributed by atoms with E-state index in [2.05, 4.69) is 5.32 Å². The van der Waals surface area contributed by atoms with Crippen LogP contribution < -0.4 is 5.32 Å². The number of carbonyl (C=O) groups excluding carboxylic acids is 1. The van der Waals surface area contributed by atoms with Crippen LogP contribution in [0.1, 0.15) is 32.3 Å². The van der Waals surface area contributed by atoms with Gasteiger partial charge in [-0.25, -0.2) is 4.39 Å². The van der Waals surface area contributed by atoms with Gasteiger partial charge in [0, 0.05) is 18.7 Å². The quantitative estimate of drug-likeness (QED) is 0.868. The van der Waals surface area contributed by atoms with Crippen LogP contribution in [-0.4, -0.2) is 40.6 Å². The molecule has 2 N–H and O–H groups in total. The number of halogens is 1. The fourth-order valence-corrected chi connectivity index (χ4v) is 2.58. The zero-order valence-corrected chi connectivity index (χ0v) is 12.6. The predicted molar refractivity (Wildman–Crippen MR) is 79.1 cm³/mol. The topological polar surface area (TPSA) is 52.6 Å². The first-order chi connectivity index (χ1) is 9.87. The van der Waals surface area contributed by atoms with Crippen LogP contribution in [0.4, 0.5) is 4.39 Å². The van der Waals surface area contributed by atoms with Crippen molar-refractivity contribution in [1.82, 2.24) is 10.2 Å². The van der Waals surface area contributed by atoms with Crippen LogP contribution in [0.2, 0.25) is 0 Å². The zero-order valence-electron chi connectivity index (χ0n) is 12.6. The molecule has 0 saturated carbocycles. The van der Waals surface area contributed by atoms with Gasteiger partial charge in [-0.1, -0.05) is 18.2 Å². The van der Waals surface area contributed by atoms with Gasteiger partial charge in [-0.3, -0.25) is 9.69 Å². The SMILES string of the molecule is CC(C)(O)CNC(=O)C1CCCN1Cc1ccccc1F. The normalized spacial score (nSPS) is 19.7. The second-order valence-corrected chi connectivity index (χ2v) is 6.25. The maximum absolute atomic E-state index is 13.7. The number of likely N-dealkylation sites (tertiary alicyclic amines) is 1. The molecule has 5 heteroatoms. The minimum atomic E-state index is -0.926. The van der Waals surface area contributed by atoms with E-state index in [0.29, 0.717) is 12.1 Å². The first-order valence-electron chi connectivity index (χ1n) is 7.34. The average molecular weight is 294 g/mol. The monoisotopic (exact) mass is 294 g/mol. The van der Waals surface area contributed by atoms with Gasteiger partial charge < -0.3 is 10.4 Å². The third kappa shape index (κ3) is 4.51. The third-order valence-corrected chi connectivity index (χ3v) is 3.69. The van der Waals surface area contributed by atoms with Crippen molar-refractivity contribution in [3.05, 3.63) is 35.6 Å². The molecule has 0 aliphatic carbocycles. The van der Waals surface area contributed by atoms with Crippen LogP contribution in [-0.2, 0) is 11.3 Å². The lowest BCUT2D eigenvalue weighted by Crippen LogP contribution is -2.47. The Morgan fingerprint density at radius 1 is 1.48 bits per heavy atom. The second-order valence-electron chi connectivity index (χ2n) is 6.25. The molecule has 1 aromatic rings. The van der Waals surface area contributed by atoms with Crippen molar-refractivity contribution in [3.63, 3.8) is 0 Å². The maximum Gasteiger partial charge on any atom is 0.237 e. The molecule has 0 aromatic heterocycles. The fourth-order valence-electron chi connectivity index (χ4n) is 2.58. The van der Waals surface area contributed by atoms with E-state index in [1.807, 2.05) is 4.90 Å². The molecule has 21 heavy (non-hydrogen) atoms. The molecule has 1 aliphatic rings. The summed E-state index contributed by atoms with van der Waals surface area (Å²) in [6.07, 6.45) is 1.70. The van der Waals surface area contributed by atoms with E-state index >= 15 is 0 Å². The molecule has 116 valence electrons. The van der Waals surface area contributed by atoms with Crippen LogP contribution in [0.3, 0.4) is 0 Å². The van der Waals surface area contributed by atoms with Gasteiger partial charge in [-0.05, 0) is 39.3 Å². The minimum absolute atomic E-state index is 0.0917. The molecule has 4 nitrogen and oxygen atoms in total. The second kappa shape index (κ2) is 6.54. The zero-order chi connectivity index (χ0) is 15.5. The molecule has 0 spiro atoms. The molecule has 1 atom stereocenters. The minimum Gasteiger partial charge on any atom is -0.389 e. The predicted octanol–water partition coefficient (Wildman–Crippen LogP) is 1.68. The largest absolute Gasteiger partial charge is 0.389 e. The molecule has 1 fully saturated rings. The molecule has 1 unspecified atom stereocenters. The Labute approximate surface area is 125 Å². The summed E-state index contributed by atoms with van der Waals surface area (Å²) < 4.78 is 13.7. The van der Waals surface area contributed by atoms with E-state index in [4.69, 9.17) is 0 Å². The van der Waals surface area contributed by atoms with Crippen molar-refractivity contribution in [3.8, 4) is 0 Å². The molecule has 2 rings (SSSR count). The number of hydrogen-bond donors (Lipinski definition) is 2. The summed E-state index contributed by atoms with van der Waals surface area (Å²) in [5.74, 6) is -0.328. The Morgan fingerprint density at radius 3 is 2.86 bits per heavy atom. The van der Waals surface area contributed by atoms with E-state index in [9.17, 15) is 14.3 Å². The van der Waals surface area contributed by atoms with Crippen molar-refractivity contribution < 1.29 is 14.3 Å². The van der Waals surface area contributed by atoms with Gasteiger partial charge in [-0.2, -0.15) is 0 Å². The van der Waals surface area contributed by atoms with Gasteiger partial charge in [0.15, 0.2) is 0 Å². The molecular formula is C16H23FN2O2. The fraction of sp³-hybridized carbons (Fsp3) is 0.562. The molecular weight excluding hydrogens is 271 g/mol. The van der Waals surface area contributed by atoms with E-state index in [0.717, 1.165) is 19.4 Å². The molecule has 1 aromatic carbocycles. The molecule has 1 saturated heterocycles. The summed E-state index contributed by atoms with van der Waals surface area (Å²) in [4.78, 5) is 14.2. The van der Waals surface area contributed by atoms with Crippen LogP contribution >= 0.6 is 0 Å². The van der Waals surface area contributed by atoms with E-state index in [1.165, 1.54) is 6.07 Å². The van der Waals surface area contributed by atoms with Crippen LogP contribution in [0.25, 0.3) is 0 Å². The van der Waals surface area contributed by atoms with Gasteiger partial charge in [0.1, 0.15) is 5.82 Å². The standard InChI is InChI=1S/C16H23FN2O2/c1-16(2,21)11-18-15(20)14-8-5-9-19(14)10-12-6-3-4-7-13(12)17/h3-4,6-7,14,21H,5,8-11H2,1-2H3,(H,18,20). The summed E-state index contributed by atoms with van der Waals surface area (Å²) in [7, 11) is 0. The lowest BCUT2D eigenvalue weighted by atomic mass is 10.1. The van der Waals surface area contributed by atoms with Crippen molar-refractivity contribution in [1.29, 1.82) is 0 Å². The molecule has 1 heterocycles. The van der Waals surface area contributed by atoms with E-state index < -0.39 is 5.60 Å². The van der Waals surface area contributed by atoms with E-state index in [1.54, 1.807) is 32.0 Å². The summed E-state index contributed by atoms with van der Waals surface area (Å²) >= 11 is 0. The van der Waals surface area contributed by atoms with Gasteiger partial charge in [-0.15, -0.1) is 0 Å². The highest BCUT2D eigenvalue weighted by atomic mass is 19.1. The van der Waals surface area contributed by atoms with E-state index in [-0.39, 0.29) is 24.3 Å². The van der Waals surface area contributed by atoms with Gasteiger partial charge in [0.05, 0.1) is 11.6 Å². The Hall–Kier alpha value is -1.46. The van der Waals surface area contributed by atoms with Gasteiger partial charge >= 0.3 is 0 Å². The Balaban J connectivity index is 1.97.